The van der Waals surface area contributed by atoms with Gasteiger partial charge >= 0.3 is 7.82 Å². The number of amides is 1. The normalized spacial score (nSPS) is 14.9. The number of quaternary nitrogens is 1. The minimum Gasteiger partial charge on any atom is -0.387 e. The fourth-order valence-corrected chi connectivity index (χ4v) is 7.70. The summed E-state index contributed by atoms with van der Waals surface area (Å²) in [4.78, 5) is 23.1. The van der Waals surface area contributed by atoms with Crippen LogP contribution in [0.1, 0.15) is 200 Å². The van der Waals surface area contributed by atoms with Crippen LogP contribution in [0.3, 0.4) is 0 Å². The lowest BCUT2D eigenvalue weighted by molar-refractivity contribution is -0.870. The van der Waals surface area contributed by atoms with Gasteiger partial charge in [-0.1, -0.05) is 220 Å². The molecule has 3 atom stereocenters. The van der Waals surface area contributed by atoms with Crippen molar-refractivity contribution in [2.45, 2.75) is 212 Å². The summed E-state index contributed by atoms with van der Waals surface area (Å²) in [6.45, 7) is 4.59. The Hall–Kier alpha value is -2.58. The number of rotatable bonds is 46. The molecular weight excluding hydrogens is 828 g/mol. The van der Waals surface area contributed by atoms with Crippen LogP contribution in [0, 0.1) is 0 Å². The molecule has 8 nitrogen and oxygen atoms in total. The molecule has 0 fully saturated rings. The summed E-state index contributed by atoms with van der Waals surface area (Å²) < 4.78 is 23.5. The van der Waals surface area contributed by atoms with E-state index in [1.165, 1.54) is 122 Å². The van der Waals surface area contributed by atoms with E-state index in [0.717, 1.165) is 51.4 Å². The first-order chi connectivity index (χ1) is 31.5. The van der Waals surface area contributed by atoms with Crippen molar-refractivity contribution in [2.75, 3.05) is 40.9 Å². The molecule has 0 aliphatic rings. The fraction of sp³-hybridized carbons (Fsp3) is 0.696. The summed E-state index contributed by atoms with van der Waals surface area (Å²) in [6.07, 6.45) is 66.9. The Labute approximate surface area is 400 Å². The lowest BCUT2D eigenvalue weighted by Gasteiger charge is -2.25. The smallest absolute Gasteiger partial charge is 0.387 e. The Morgan fingerprint density at radius 1 is 0.538 bits per heavy atom. The number of phosphoric ester groups is 1. The third kappa shape index (κ3) is 49.2. The van der Waals surface area contributed by atoms with Gasteiger partial charge in [-0.2, -0.15) is 0 Å². The number of hydrogen-bond acceptors (Lipinski definition) is 5. The van der Waals surface area contributed by atoms with Crippen LogP contribution in [-0.2, 0) is 18.4 Å². The van der Waals surface area contributed by atoms with Gasteiger partial charge in [0.2, 0.25) is 5.91 Å². The molecule has 0 aliphatic heterocycles. The lowest BCUT2D eigenvalue weighted by Crippen LogP contribution is -2.45. The van der Waals surface area contributed by atoms with E-state index in [0.29, 0.717) is 17.4 Å². The zero-order chi connectivity index (χ0) is 47.8. The predicted octanol–water partition coefficient (Wildman–Crippen LogP) is 15.5. The van der Waals surface area contributed by atoms with Crippen LogP contribution in [0.15, 0.2) is 97.2 Å². The fourth-order valence-electron chi connectivity index (χ4n) is 6.96. The second-order valence-electron chi connectivity index (χ2n) is 18.5. The average Bonchev–Trinajstić information content (AvgIpc) is 3.26. The highest BCUT2D eigenvalue weighted by atomic mass is 31.2. The van der Waals surface area contributed by atoms with Crippen LogP contribution in [-0.4, -0.2) is 73.4 Å². The highest BCUT2D eigenvalue weighted by Crippen LogP contribution is 2.43. The molecular formula is C56H100N2O6P+. The molecule has 0 saturated carbocycles. The Kier molecular flexibility index (Phi) is 44.7. The van der Waals surface area contributed by atoms with Crippen molar-refractivity contribution in [3.8, 4) is 0 Å². The third-order valence-corrected chi connectivity index (χ3v) is 12.0. The largest absolute Gasteiger partial charge is 0.472 e. The Morgan fingerprint density at radius 2 is 0.938 bits per heavy atom. The van der Waals surface area contributed by atoms with Crippen LogP contribution < -0.4 is 5.32 Å². The van der Waals surface area contributed by atoms with Gasteiger partial charge in [-0.25, -0.2) is 4.57 Å². The molecule has 0 spiro atoms. The second kappa shape index (κ2) is 46.5. The zero-order valence-electron chi connectivity index (χ0n) is 42.4. The standard InChI is InChI=1S/C56H99N2O6P/c1-6-8-10-12-14-16-18-20-22-23-24-25-26-27-28-29-30-31-32-33-34-36-37-39-41-43-45-47-49-55(59)54(53-64-65(61,62)63-52-51-58(3,4)5)57-56(60)50-48-46-44-42-40-38-35-21-19-17-15-13-11-9-7-2/h9,11,15,17,21,33-35,39-42,46-49,54-55,59H,6-8,10,12-14,16,18-20,22-32,36-38,43-45,50-53H2,1-5H3,(H-,57,60,61,62)/p+1/b11-9-,17-15-,34-33+,35-21-,41-39+,42-40-,48-46-,49-47+. The highest BCUT2D eigenvalue weighted by molar-refractivity contribution is 7.47. The molecule has 0 saturated heterocycles. The van der Waals surface area contributed by atoms with Crippen molar-refractivity contribution in [1.82, 2.24) is 5.32 Å². The molecule has 9 heteroatoms. The first-order valence-corrected chi connectivity index (χ1v) is 27.6. The number of hydrogen-bond donors (Lipinski definition) is 3. The SMILES string of the molecule is CC/C=C\C/C=C\C/C=C\C/C=C\C/C=C\CC(=O)NC(COP(=O)(O)OCC[N+](C)(C)C)C(O)/C=C/CC/C=C/CC/C=C/CCCCCCCCCCCCCCCCCCCC. The molecule has 0 aromatic heterocycles. The van der Waals surface area contributed by atoms with Crippen LogP contribution in [0.2, 0.25) is 0 Å². The molecule has 3 N–H and O–H groups in total. The molecule has 0 bridgehead atoms. The maximum atomic E-state index is 12.8. The number of aliphatic hydroxyl groups is 1. The van der Waals surface area contributed by atoms with Gasteiger partial charge in [0.15, 0.2) is 0 Å². The number of allylic oxidation sites excluding steroid dienone is 14. The number of carbonyl (C=O) groups excluding carboxylic acids is 1. The van der Waals surface area contributed by atoms with Crippen molar-refractivity contribution < 1.29 is 32.9 Å². The second-order valence-corrected chi connectivity index (χ2v) is 20.0. The number of phosphoric acid groups is 1. The molecule has 0 heterocycles. The van der Waals surface area contributed by atoms with Crippen LogP contribution in [0.5, 0.6) is 0 Å². The Bertz CT molecular complexity index is 1370. The first kappa shape index (κ1) is 62.4. The molecule has 0 rings (SSSR count). The molecule has 3 unspecified atom stereocenters. The summed E-state index contributed by atoms with van der Waals surface area (Å²) in [5.41, 5.74) is 0. The molecule has 0 aromatic carbocycles. The summed E-state index contributed by atoms with van der Waals surface area (Å²) in [5, 5.41) is 13.8. The van der Waals surface area contributed by atoms with E-state index in [-0.39, 0.29) is 25.5 Å². The van der Waals surface area contributed by atoms with E-state index in [1.807, 2.05) is 33.3 Å². The van der Waals surface area contributed by atoms with Gasteiger partial charge in [0, 0.05) is 6.42 Å². The highest BCUT2D eigenvalue weighted by Gasteiger charge is 2.27. The Balaban J connectivity index is 4.40. The van der Waals surface area contributed by atoms with Gasteiger partial charge in [-0.05, 0) is 70.6 Å². The van der Waals surface area contributed by atoms with E-state index in [4.69, 9.17) is 9.05 Å². The van der Waals surface area contributed by atoms with Crippen molar-refractivity contribution in [3.63, 3.8) is 0 Å². The van der Waals surface area contributed by atoms with Crippen LogP contribution >= 0.6 is 7.82 Å². The maximum Gasteiger partial charge on any atom is 0.472 e. The van der Waals surface area contributed by atoms with Crippen LogP contribution in [0.25, 0.3) is 0 Å². The van der Waals surface area contributed by atoms with Crippen molar-refractivity contribution in [2.24, 2.45) is 0 Å². The van der Waals surface area contributed by atoms with Crippen LogP contribution in [0.4, 0.5) is 0 Å². The lowest BCUT2D eigenvalue weighted by atomic mass is 10.0. The van der Waals surface area contributed by atoms with Gasteiger partial charge < -0.3 is 19.8 Å². The van der Waals surface area contributed by atoms with Crippen molar-refractivity contribution in [3.05, 3.63) is 97.2 Å². The number of aliphatic hydroxyl groups excluding tert-OH is 1. The van der Waals surface area contributed by atoms with Gasteiger partial charge in [0.05, 0.1) is 39.9 Å². The molecule has 1 amide bonds. The summed E-state index contributed by atoms with van der Waals surface area (Å²) >= 11 is 0. The number of likely N-dealkylation sites (N-methyl/N-ethyl adjacent to an activating group) is 1. The number of carbonyl (C=O) groups is 1. The number of nitrogens with one attached hydrogen (secondary N) is 1. The summed E-state index contributed by atoms with van der Waals surface area (Å²) in [7, 11) is 1.48. The molecule has 65 heavy (non-hydrogen) atoms. The zero-order valence-corrected chi connectivity index (χ0v) is 43.3. The molecule has 374 valence electrons. The molecule has 0 aliphatic carbocycles. The third-order valence-electron chi connectivity index (χ3n) is 11.0. The van der Waals surface area contributed by atoms with Gasteiger partial charge in [0.25, 0.3) is 0 Å². The van der Waals surface area contributed by atoms with E-state index < -0.39 is 20.0 Å². The summed E-state index contributed by atoms with van der Waals surface area (Å²) in [5.74, 6) is -0.321. The molecule has 0 radical (unpaired) electrons. The maximum absolute atomic E-state index is 12.8. The van der Waals surface area contributed by atoms with Gasteiger partial charge in [-0.3, -0.25) is 13.8 Å². The minimum atomic E-state index is -4.39. The monoisotopic (exact) mass is 928 g/mol. The number of unbranched alkanes of at least 4 members (excludes halogenated alkanes) is 20. The minimum absolute atomic E-state index is 0.0320. The first-order valence-electron chi connectivity index (χ1n) is 26.1. The number of nitrogens with zero attached hydrogens (tertiary/aromatic N) is 1. The van der Waals surface area contributed by atoms with E-state index in [9.17, 15) is 19.4 Å². The van der Waals surface area contributed by atoms with Gasteiger partial charge in [0.1, 0.15) is 13.2 Å². The quantitative estimate of drug-likeness (QED) is 0.0243. The van der Waals surface area contributed by atoms with Crippen molar-refractivity contribution in [1.29, 1.82) is 0 Å². The molecule has 0 aromatic rings. The van der Waals surface area contributed by atoms with Crippen molar-refractivity contribution >= 4 is 13.7 Å². The van der Waals surface area contributed by atoms with E-state index >= 15 is 0 Å². The van der Waals surface area contributed by atoms with Gasteiger partial charge in [-0.15, -0.1) is 0 Å². The average molecular weight is 928 g/mol. The summed E-state index contributed by atoms with van der Waals surface area (Å²) in [6, 6.07) is -0.930. The predicted molar refractivity (Wildman–Crippen MR) is 281 cm³/mol. The Morgan fingerprint density at radius 3 is 1.38 bits per heavy atom. The van der Waals surface area contributed by atoms with E-state index in [1.54, 1.807) is 12.2 Å². The topological polar surface area (TPSA) is 105 Å². The van der Waals surface area contributed by atoms with E-state index in [2.05, 4.69) is 92.1 Å².